The average Bonchev–Trinajstić information content (AvgIpc) is 2.95. The van der Waals surface area contributed by atoms with Gasteiger partial charge in [-0.2, -0.15) is 4.58 Å². The second-order valence-corrected chi connectivity index (χ2v) is 7.96. The molecule has 1 heterocycles. The minimum atomic E-state index is -0.383. The molecule has 2 aromatic carbocycles. The first-order chi connectivity index (χ1) is 14.4. The van der Waals surface area contributed by atoms with E-state index in [1.54, 1.807) is 0 Å². The van der Waals surface area contributed by atoms with Gasteiger partial charge in [-0.05, 0) is 44.5 Å². The summed E-state index contributed by atoms with van der Waals surface area (Å²) in [5.74, 6) is -0.383. The topological polar surface area (TPSA) is 32.5 Å². The van der Waals surface area contributed by atoms with Crippen LogP contribution in [0.4, 0.5) is 11.4 Å². The maximum atomic E-state index is 11.2. The molecule has 2 aromatic rings. The van der Waals surface area contributed by atoms with Gasteiger partial charge in [-0.3, -0.25) is 0 Å². The van der Waals surface area contributed by atoms with Crippen molar-refractivity contribution in [2.45, 2.75) is 26.2 Å². The smallest absolute Gasteiger partial charge is 0.330 e. The van der Waals surface area contributed by atoms with E-state index in [-0.39, 0.29) is 11.4 Å². The van der Waals surface area contributed by atoms with Gasteiger partial charge in [0, 0.05) is 36.0 Å². The Hall–Kier alpha value is -3.14. The van der Waals surface area contributed by atoms with Gasteiger partial charge in [0.25, 0.3) is 0 Å². The number of likely N-dealkylation sites (N-methyl/N-ethyl adjacent to an activating group) is 1. The van der Waals surface area contributed by atoms with Crippen molar-refractivity contribution < 1.29 is 14.1 Å². The fourth-order valence-corrected chi connectivity index (χ4v) is 4.06. The van der Waals surface area contributed by atoms with Crippen LogP contribution in [0.25, 0.3) is 6.08 Å². The van der Waals surface area contributed by atoms with Gasteiger partial charge in [0.1, 0.15) is 13.7 Å². The van der Waals surface area contributed by atoms with E-state index in [1.807, 2.05) is 0 Å². The highest BCUT2D eigenvalue weighted by Gasteiger charge is 2.42. The predicted octanol–water partition coefficient (Wildman–Crippen LogP) is 4.96. The quantitative estimate of drug-likeness (QED) is 0.355. The van der Waals surface area contributed by atoms with Gasteiger partial charge in [-0.15, -0.1) is 0 Å². The molecule has 156 valence electrons. The van der Waals surface area contributed by atoms with Gasteiger partial charge in [-0.1, -0.05) is 36.9 Å². The lowest BCUT2D eigenvalue weighted by Crippen LogP contribution is -2.27. The van der Waals surface area contributed by atoms with Crippen molar-refractivity contribution in [3.05, 3.63) is 78.4 Å². The molecule has 0 saturated carbocycles. The van der Waals surface area contributed by atoms with E-state index < -0.39 is 0 Å². The summed E-state index contributed by atoms with van der Waals surface area (Å²) in [5.41, 5.74) is 6.16. The predicted molar refractivity (Wildman–Crippen MR) is 125 cm³/mol. The first kappa shape index (κ1) is 21.6. The first-order valence-corrected chi connectivity index (χ1v) is 10.4. The SMILES string of the molecule is C=CC(=O)OCCN(CC)c1ccc(C=CC2=[N+](C)c3ccccc3C2(C)C)cc1. The number of carbonyl (C=O) groups is 1. The molecule has 0 bridgehead atoms. The normalized spacial score (nSPS) is 14.7. The minimum absolute atomic E-state index is 0.0241. The third-order valence-electron chi connectivity index (χ3n) is 5.79. The number of esters is 1. The fourth-order valence-electron chi connectivity index (χ4n) is 4.06. The molecule has 0 atom stereocenters. The highest BCUT2D eigenvalue weighted by molar-refractivity contribution is 6.05. The third-order valence-corrected chi connectivity index (χ3v) is 5.79. The van der Waals surface area contributed by atoms with Crippen LogP contribution in [0.3, 0.4) is 0 Å². The highest BCUT2D eigenvalue weighted by atomic mass is 16.5. The standard InChI is InChI=1S/C26H31N2O2/c1-6-25(29)30-19-18-28(7-2)21-15-12-20(13-16-21)14-17-24-26(3,4)22-10-8-9-11-23(22)27(24)5/h6,8-17H,1,7,18-19H2,2-5H3/q+1. The van der Waals surface area contributed by atoms with Crippen molar-refractivity contribution in [2.75, 3.05) is 31.6 Å². The van der Waals surface area contributed by atoms with Crippen molar-refractivity contribution >= 4 is 29.1 Å². The number of para-hydroxylation sites is 1. The van der Waals surface area contributed by atoms with Gasteiger partial charge in [-0.25, -0.2) is 4.79 Å². The Labute approximate surface area is 179 Å². The molecule has 4 heteroatoms. The number of rotatable bonds is 8. The summed E-state index contributed by atoms with van der Waals surface area (Å²) in [6.45, 7) is 11.9. The largest absolute Gasteiger partial charge is 0.461 e. The van der Waals surface area contributed by atoms with Crippen molar-refractivity contribution in [1.82, 2.24) is 0 Å². The first-order valence-electron chi connectivity index (χ1n) is 10.4. The second kappa shape index (κ2) is 9.12. The molecule has 0 unspecified atom stereocenters. The van der Waals surface area contributed by atoms with Crippen LogP contribution in [0.2, 0.25) is 0 Å². The zero-order valence-electron chi connectivity index (χ0n) is 18.4. The van der Waals surface area contributed by atoms with E-state index in [4.69, 9.17) is 4.74 Å². The Kier molecular flexibility index (Phi) is 6.56. The highest BCUT2D eigenvalue weighted by Crippen LogP contribution is 2.39. The Balaban J connectivity index is 1.71. The molecule has 1 aliphatic heterocycles. The monoisotopic (exact) mass is 403 g/mol. The van der Waals surface area contributed by atoms with Gasteiger partial charge in [0.05, 0.1) is 12.0 Å². The van der Waals surface area contributed by atoms with E-state index in [0.29, 0.717) is 13.2 Å². The third kappa shape index (κ3) is 4.38. The van der Waals surface area contributed by atoms with Crippen LogP contribution in [-0.2, 0) is 14.9 Å². The molecule has 0 amide bonds. The van der Waals surface area contributed by atoms with Crippen molar-refractivity contribution in [3.63, 3.8) is 0 Å². The Morgan fingerprint density at radius 1 is 1.13 bits per heavy atom. The lowest BCUT2D eigenvalue weighted by molar-refractivity contribution is -0.401. The minimum Gasteiger partial charge on any atom is -0.461 e. The number of nitrogens with zero attached hydrogens (tertiary/aromatic N) is 2. The number of fused-ring (bicyclic) bond motifs is 1. The summed E-state index contributed by atoms with van der Waals surface area (Å²) >= 11 is 0. The van der Waals surface area contributed by atoms with Crippen LogP contribution in [0.15, 0.2) is 67.3 Å². The van der Waals surface area contributed by atoms with E-state index in [9.17, 15) is 4.79 Å². The molecular formula is C26H31N2O2+. The maximum Gasteiger partial charge on any atom is 0.330 e. The zero-order valence-corrected chi connectivity index (χ0v) is 18.4. The summed E-state index contributed by atoms with van der Waals surface area (Å²) in [6.07, 6.45) is 5.59. The molecule has 0 radical (unpaired) electrons. The van der Waals surface area contributed by atoms with Crippen LogP contribution >= 0.6 is 0 Å². The van der Waals surface area contributed by atoms with E-state index in [1.165, 1.54) is 23.0 Å². The number of benzene rings is 2. The Morgan fingerprint density at radius 2 is 1.83 bits per heavy atom. The lowest BCUT2D eigenvalue weighted by Gasteiger charge is -2.22. The Morgan fingerprint density at radius 3 is 2.47 bits per heavy atom. The molecule has 3 rings (SSSR count). The molecule has 0 aromatic heterocycles. The summed E-state index contributed by atoms with van der Waals surface area (Å²) in [4.78, 5) is 13.4. The summed E-state index contributed by atoms with van der Waals surface area (Å²) in [6, 6.07) is 17.1. The van der Waals surface area contributed by atoms with Crippen molar-refractivity contribution in [2.24, 2.45) is 0 Å². The van der Waals surface area contributed by atoms with Gasteiger partial charge < -0.3 is 9.64 Å². The summed E-state index contributed by atoms with van der Waals surface area (Å²) in [7, 11) is 2.13. The van der Waals surface area contributed by atoms with Gasteiger partial charge in [0.2, 0.25) is 5.69 Å². The number of ether oxygens (including phenoxy) is 1. The summed E-state index contributed by atoms with van der Waals surface area (Å²) < 4.78 is 7.38. The van der Waals surface area contributed by atoms with Gasteiger partial charge in [0.15, 0.2) is 5.71 Å². The van der Waals surface area contributed by atoms with Crippen LogP contribution in [0.5, 0.6) is 0 Å². The van der Waals surface area contributed by atoms with Crippen LogP contribution < -0.4 is 4.90 Å². The zero-order chi connectivity index (χ0) is 21.7. The lowest BCUT2D eigenvalue weighted by atomic mass is 9.81. The number of anilines is 1. The molecule has 30 heavy (non-hydrogen) atoms. The van der Waals surface area contributed by atoms with E-state index in [2.05, 4.69) is 105 Å². The molecule has 0 aliphatic carbocycles. The van der Waals surface area contributed by atoms with Crippen LogP contribution in [0, 0.1) is 0 Å². The van der Waals surface area contributed by atoms with E-state index >= 15 is 0 Å². The summed E-state index contributed by atoms with van der Waals surface area (Å²) in [5, 5.41) is 0. The number of carbonyl (C=O) groups excluding carboxylic acids is 1. The van der Waals surface area contributed by atoms with Crippen molar-refractivity contribution in [3.8, 4) is 0 Å². The molecule has 1 aliphatic rings. The molecule has 0 fully saturated rings. The van der Waals surface area contributed by atoms with Crippen molar-refractivity contribution in [1.29, 1.82) is 0 Å². The number of hydrogen-bond donors (Lipinski definition) is 0. The molecule has 0 N–H and O–H groups in total. The Bertz CT molecular complexity index is 984. The molecule has 0 saturated heterocycles. The van der Waals surface area contributed by atoms with Crippen LogP contribution in [-0.4, -0.2) is 43.0 Å². The van der Waals surface area contributed by atoms with E-state index in [0.717, 1.165) is 17.8 Å². The second-order valence-electron chi connectivity index (χ2n) is 7.96. The molecular weight excluding hydrogens is 372 g/mol. The fraction of sp³-hybridized carbons (Fsp3) is 0.308. The maximum absolute atomic E-state index is 11.2. The molecule has 4 nitrogen and oxygen atoms in total. The van der Waals surface area contributed by atoms with Crippen LogP contribution in [0.1, 0.15) is 31.9 Å². The van der Waals surface area contributed by atoms with Gasteiger partial charge >= 0.3 is 5.97 Å². The number of hydrogen-bond acceptors (Lipinski definition) is 3. The average molecular weight is 404 g/mol. The number of allylic oxidation sites excluding steroid dienone is 1. The molecule has 0 spiro atoms.